The molecule has 1 aliphatic heterocycles. The van der Waals surface area contributed by atoms with Gasteiger partial charge < -0.3 is 14.7 Å². The molecule has 136 valence electrons. The highest BCUT2D eigenvalue weighted by molar-refractivity contribution is 6.07. The molecule has 2 fully saturated rings. The fourth-order valence-corrected chi connectivity index (χ4v) is 3.70. The molecule has 1 unspecified atom stereocenters. The number of aromatic nitrogens is 1. The van der Waals surface area contributed by atoms with Crippen LogP contribution in [-0.4, -0.2) is 46.6 Å². The first-order valence-electron chi connectivity index (χ1n) is 9.11. The number of rotatable bonds is 4. The number of methoxy groups -OCH3 is 1. The molecule has 1 aliphatic carbocycles. The van der Waals surface area contributed by atoms with Crippen LogP contribution in [0.4, 0.5) is 0 Å². The molecule has 2 heterocycles. The average molecular weight is 354 g/mol. The first-order chi connectivity index (χ1) is 12.6. The predicted molar refractivity (Wildman–Crippen MR) is 96.6 cm³/mol. The highest BCUT2D eigenvalue weighted by atomic mass is 16.5. The Morgan fingerprint density at radius 1 is 1.19 bits per heavy atom. The van der Waals surface area contributed by atoms with Crippen molar-refractivity contribution in [1.29, 1.82) is 0 Å². The quantitative estimate of drug-likeness (QED) is 0.912. The number of piperidine rings is 1. The van der Waals surface area contributed by atoms with E-state index in [1.54, 1.807) is 7.11 Å². The van der Waals surface area contributed by atoms with E-state index in [9.17, 15) is 14.7 Å². The molecule has 6 nitrogen and oxygen atoms in total. The van der Waals surface area contributed by atoms with Crippen LogP contribution in [-0.2, 0) is 4.79 Å². The summed E-state index contributed by atoms with van der Waals surface area (Å²) in [5, 5.41) is 10.2. The lowest BCUT2D eigenvalue weighted by Gasteiger charge is -2.33. The summed E-state index contributed by atoms with van der Waals surface area (Å²) in [5.41, 5.74) is 2.21. The Morgan fingerprint density at radius 2 is 2.00 bits per heavy atom. The molecule has 1 aromatic heterocycles. The highest BCUT2D eigenvalue weighted by Gasteiger charge is 2.34. The smallest absolute Gasteiger partial charge is 0.326 e. The second kappa shape index (κ2) is 6.59. The number of amides is 1. The van der Waals surface area contributed by atoms with Gasteiger partial charge in [0.25, 0.3) is 5.91 Å². The maximum atomic E-state index is 13.3. The van der Waals surface area contributed by atoms with Gasteiger partial charge in [0.1, 0.15) is 11.8 Å². The summed E-state index contributed by atoms with van der Waals surface area (Å²) in [5.74, 6) is -0.0957. The first-order valence-corrected chi connectivity index (χ1v) is 9.11. The summed E-state index contributed by atoms with van der Waals surface area (Å²) < 4.78 is 5.31. The van der Waals surface area contributed by atoms with Gasteiger partial charge in [-0.2, -0.15) is 0 Å². The maximum absolute atomic E-state index is 13.3. The van der Waals surface area contributed by atoms with Crippen LogP contribution in [0.5, 0.6) is 5.75 Å². The van der Waals surface area contributed by atoms with Gasteiger partial charge in [0.2, 0.25) is 0 Å². The molecule has 1 amide bonds. The molecule has 0 radical (unpaired) electrons. The number of benzene rings is 1. The summed E-state index contributed by atoms with van der Waals surface area (Å²) in [7, 11) is 1.58. The van der Waals surface area contributed by atoms with Gasteiger partial charge in [-0.25, -0.2) is 4.79 Å². The summed E-state index contributed by atoms with van der Waals surface area (Å²) >= 11 is 0. The zero-order valence-corrected chi connectivity index (χ0v) is 14.8. The monoisotopic (exact) mass is 354 g/mol. The number of likely N-dealkylation sites (tertiary alicyclic amines) is 1. The Balaban J connectivity index is 1.82. The largest absolute Gasteiger partial charge is 0.497 e. The molecular weight excluding hydrogens is 332 g/mol. The molecule has 1 saturated carbocycles. The first kappa shape index (κ1) is 16.8. The third kappa shape index (κ3) is 3.00. The van der Waals surface area contributed by atoms with Gasteiger partial charge in [0.05, 0.1) is 18.2 Å². The zero-order chi connectivity index (χ0) is 18.3. The molecule has 1 atom stereocenters. The summed E-state index contributed by atoms with van der Waals surface area (Å²) in [4.78, 5) is 31.2. The number of nitrogens with zero attached hydrogens (tertiary/aromatic N) is 2. The number of carbonyl (C=O) groups is 2. The van der Waals surface area contributed by atoms with Gasteiger partial charge in [-0.05, 0) is 56.4 Å². The van der Waals surface area contributed by atoms with E-state index in [2.05, 4.69) is 0 Å². The topological polar surface area (TPSA) is 79.7 Å². The Bertz CT molecular complexity index is 875. The molecule has 1 N–H and O–H groups in total. The van der Waals surface area contributed by atoms with E-state index in [4.69, 9.17) is 9.72 Å². The number of fused-ring (bicyclic) bond motifs is 1. The summed E-state index contributed by atoms with van der Waals surface area (Å²) in [6.07, 6.45) is 4.34. The number of ether oxygens (including phenoxy) is 1. The van der Waals surface area contributed by atoms with Crippen molar-refractivity contribution >= 4 is 22.8 Å². The van der Waals surface area contributed by atoms with E-state index in [1.807, 2.05) is 24.3 Å². The lowest BCUT2D eigenvalue weighted by Crippen LogP contribution is -2.48. The second-order valence-corrected chi connectivity index (χ2v) is 7.10. The van der Waals surface area contributed by atoms with E-state index in [1.165, 1.54) is 4.90 Å². The van der Waals surface area contributed by atoms with Crippen LogP contribution in [0.2, 0.25) is 0 Å². The van der Waals surface area contributed by atoms with Crippen molar-refractivity contribution in [2.45, 2.75) is 44.1 Å². The maximum Gasteiger partial charge on any atom is 0.326 e. The van der Waals surface area contributed by atoms with Crippen LogP contribution >= 0.6 is 0 Å². The van der Waals surface area contributed by atoms with E-state index in [0.717, 1.165) is 36.9 Å². The van der Waals surface area contributed by atoms with E-state index in [-0.39, 0.29) is 5.91 Å². The van der Waals surface area contributed by atoms with E-state index in [0.29, 0.717) is 35.6 Å². The lowest BCUT2D eigenvalue weighted by atomic mass is 9.99. The predicted octanol–water partition coefficient (Wildman–Crippen LogP) is 3.20. The molecular formula is C20H22N2O4. The molecule has 1 saturated heterocycles. The van der Waals surface area contributed by atoms with Crippen molar-refractivity contribution in [3.8, 4) is 5.75 Å². The van der Waals surface area contributed by atoms with Crippen LogP contribution in [0.1, 0.15) is 54.1 Å². The minimum absolute atomic E-state index is 0.223. The van der Waals surface area contributed by atoms with Crippen LogP contribution in [0.25, 0.3) is 10.9 Å². The number of pyridine rings is 1. The Hall–Kier alpha value is -2.63. The third-order valence-corrected chi connectivity index (χ3v) is 5.31. The SMILES string of the molecule is COc1ccc2nc(C3CC3)cc(C(=O)N3CCCCC3C(=O)O)c2c1. The van der Waals surface area contributed by atoms with Crippen molar-refractivity contribution in [2.75, 3.05) is 13.7 Å². The third-order valence-electron chi connectivity index (χ3n) is 5.31. The minimum atomic E-state index is -0.934. The molecule has 2 aromatic rings. The number of aliphatic carboxylic acids is 1. The van der Waals surface area contributed by atoms with Gasteiger partial charge >= 0.3 is 5.97 Å². The number of carbonyl (C=O) groups excluding carboxylic acids is 1. The molecule has 6 heteroatoms. The average Bonchev–Trinajstić information content (AvgIpc) is 3.51. The standard InChI is InChI=1S/C20H22N2O4/c1-26-13-7-8-16-14(10-13)15(11-17(21-16)12-5-6-12)19(23)22-9-3-2-4-18(22)20(24)25/h7-8,10-12,18H,2-6,9H2,1H3,(H,24,25). The van der Waals surface area contributed by atoms with E-state index < -0.39 is 12.0 Å². The summed E-state index contributed by atoms with van der Waals surface area (Å²) in [6.45, 7) is 0.475. The normalized spacial score (nSPS) is 20.2. The molecule has 4 rings (SSSR count). The number of carboxylic acids is 1. The van der Waals surface area contributed by atoms with Crippen molar-refractivity contribution in [2.24, 2.45) is 0 Å². The van der Waals surface area contributed by atoms with E-state index >= 15 is 0 Å². The van der Waals surface area contributed by atoms with Crippen molar-refractivity contribution in [1.82, 2.24) is 9.88 Å². The number of hydrogen-bond donors (Lipinski definition) is 1. The van der Waals surface area contributed by atoms with Crippen LogP contribution in [0.15, 0.2) is 24.3 Å². The van der Waals surface area contributed by atoms with Gasteiger partial charge in [-0.3, -0.25) is 9.78 Å². The van der Waals surface area contributed by atoms with Gasteiger partial charge in [-0.15, -0.1) is 0 Å². The Labute approximate surface area is 151 Å². The Kier molecular flexibility index (Phi) is 4.26. The van der Waals surface area contributed by atoms with Gasteiger partial charge in [0.15, 0.2) is 0 Å². The molecule has 2 aliphatic rings. The number of hydrogen-bond acceptors (Lipinski definition) is 4. The van der Waals surface area contributed by atoms with Crippen molar-refractivity contribution < 1.29 is 19.4 Å². The molecule has 0 spiro atoms. The van der Waals surface area contributed by atoms with Gasteiger partial charge in [-0.1, -0.05) is 0 Å². The fraction of sp³-hybridized carbons (Fsp3) is 0.450. The van der Waals surface area contributed by atoms with Crippen LogP contribution < -0.4 is 4.74 Å². The zero-order valence-electron chi connectivity index (χ0n) is 14.8. The van der Waals surface area contributed by atoms with Crippen molar-refractivity contribution in [3.05, 3.63) is 35.5 Å². The second-order valence-electron chi connectivity index (χ2n) is 7.10. The summed E-state index contributed by atoms with van der Waals surface area (Å²) in [6, 6.07) is 6.61. The van der Waals surface area contributed by atoms with Crippen molar-refractivity contribution in [3.63, 3.8) is 0 Å². The Morgan fingerprint density at radius 3 is 2.69 bits per heavy atom. The molecule has 0 bridgehead atoms. The highest BCUT2D eigenvalue weighted by Crippen LogP contribution is 2.40. The van der Waals surface area contributed by atoms with Gasteiger partial charge in [0, 0.05) is 23.5 Å². The molecule has 1 aromatic carbocycles. The fourth-order valence-electron chi connectivity index (χ4n) is 3.70. The minimum Gasteiger partial charge on any atom is -0.497 e. The number of carboxylic acid groups (broad SMARTS) is 1. The van der Waals surface area contributed by atoms with Crippen LogP contribution in [0, 0.1) is 0 Å². The van der Waals surface area contributed by atoms with Crippen LogP contribution in [0.3, 0.4) is 0 Å². The molecule has 26 heavy (non-hydrogen) atoms. The lowest BCUT2D eigenvalue weighted by molar-refractivity contribution is -0.143.